The van der Waals surface area contributed by atoms with Gasteiger partial charge in [0, 0.05) is 18.1 Å². The zero-order chi connectivity index (χ0) is 25.5. The molecule has 0 radical (unpaired) electrons. The van der Waals surface area contributed by atoms with E-state index in [0.29, 0.717) is 17.3 Å². The lowest BCUT2D eigenvalue weighted by Crippen LogP contribution is -2.51. The highest BCUT2D eigenvalue weighted by atomic mass is 35.5. The largest absolute Gasteiger partial charge is 0.354 e. The van der Waals surface area contributed by atoms with E-state index in [2.05, 4.69) is 5.32 Å². The third kappa shape index (κ3) is 7.46. The van der Waals surface area contributed by atoms with Crippen LogP contribution in [-0.4, -0.2) is 50.5 Å². The average Bonchev–Trinajstić information content (AvgIpc) is 2.75. The van der Waals surface area contributed by atoms with Crippen LogP contribution in [0.5, 0.6) is 0 Å². The summed E-state index contributed by atoms with van der Waals surface area (Å²) in [6, 6.07) is 11.7. The molecule has 2 aromatic rings. The SMILES string of the molecule is CCCCNC(=O)[C@H](C)N(Cc1cccc(Cl)c1)C(=O)CN(c1c(C)cccc1C)S(C)(=O)=O. The van der Waals surface area contributed by atoms with Crippen LogP contribution in [0.25, 0.3) is 0 Å². The summed E-state index contributed by atoms with van der Waals surface area (Å²) < 4.78 is 26.6. The highest BCUT2D eigenvalue weighted by molar-refractivity contribution is 7.92. The summed E-state index contributed by atoms with van der Waals surface area (Å²) in [5, 5.41) is 3.37. The van der Waals surface area contributed by atoms with Gasteiger partial charge < -0.3 is 10.2 Å². The molecule has 0 fully saturated rings. The minimum Gasteiger partial charge on any atom is -0.354 e. The molecule has 0 saturated heterocycles. The van der Waals surface area contributed by atoms with Gasteiger partial charge in [-0.25, -0.2) is 8.42 Å². The molecule has 2 rings (SSSR count). The van der Waals surface area contributed by atoms with E-state index in [1.165, 1.54) is 4.90 Å². The van der Waals surface area contributed by atoms with Crippen molar-refractivity contribution in [1.29, 1.82) is 0 Å². The van der Waals surface area contributed by atoms with E-state index in [-0.39, 0.29) is 12.5 Å². The van der Waals surface area contributed by atoms with Crippen LogP contribution in [0, 0.1) is 13.8 Å². The molecule has 2 aromatic carbocycles. The Morgan fingerprint density at radius 2 is 1.71 bits per heavy atom. The quantitative estimate of drug-likeness (QED) is 0.465. The number of rotatable bonds is 11. The summed E-state index contributed by atoms with van der Waals surface area (Å²) in [7, 11) is -3.77. The summed E-state index contributed by atoms with van der Waals surface area (Å²) >= 11 is 6.12. The zero-order valence-corrected chi connectivity index (χ0v) is 22.0. The summed E-state index contributed by atoms with van der Waals surface area (Å²) in [5.74, 6) is -0.770. The third-order valence-corrected chi connectivity index (χ3v) is 6.95. The number of aryl methyl sites for hydroxylation is 2. The minimum atomic E-state index is -3.77. The van der Waals surface area contributed by atoms with Gasteiger partial charge in [0.1, 0.15) is 12.6 Å². The fraction of sp³-hybridized carbons (Fsp3) is 0.440. The molecule has 1 N–H and O–H groups in total. The topological polar surface area (TPSA) is 86.8 Å². The highest BCUT2D eigenvalue weighted by Gasteiger charge is 2.31. The Balaban J connectivity index is 2.41. The van der Waals surface area contributed by atoms with Crippen molar-refractivity contribution in [3.8, 4) is 0 Å². The van der Waals surface area contributed by atoms with Crippen molar-refractivity contribution in [2.75, 3.05) is 23.7 Å². The van der Waals surface area contributed by atoms with Crippen molar-refractivity contribution in [2.45, 2.75) is 53.1 Å². The van der Waals surface area contributed by atoms with Crippen molar-refractivity contribution >= 4 is 39.1 Å². The monoisotopic (exact) mass is 507 g/mol. The van der Waals surface area contributed by atoms with Crippen LogP contribution in [0.15, 0.2) is 42.5 Å². The van der Waals surface area contributed by atoms with E-state index >= 15 is 0 Å². The Bertz CT molecular complexity index is 1100. The van der Waals surface area contributed by atoms with Gasteiger partial charge in [0.15, 0.2) is 0 Å². The number of hydrogen-bond donors (Lipinski definition) is 1. The van der Waals surface area contributed by atoms with Gasteiger partial charge in [0.05, 0.1) is 11.9 Å². The van der Waals surface area contributed by atoms with Crippen molar-refractivity contribution in [3.05, 3.63) is 64.2 Å². The lowest BCUT2D eigenvalue weighted by Gasteiger charge is -2.32. The summed E-state index contributed by atoms with van der Waals surface area (Å²) in [6.07, 6.45) is 2.84. The fourth-order valence-electron chi connectivity index (χ4n) is 3.73. The molecule has 0 bridgehead atoms. The standard InChI is InChI=1S/C25H34ClN3O4S/c1-6-7-14-27-25(31)20(4)28(16-21-12-9-13-22(26)15-21)23(30)17-29(34(5,32)33)24-18(2)10-8-11-19(24)3/h8-13,15,20H,6-7,14,16-17H2,1-5H3,(H,27,31)/t20-/m0/s1. The molecule has 0 aliphatic heterocycles. The minimum absolute atomic E-state index is 0.117. The van der Waals surface area contributed by atoms with Gasteiger partial charge in [-0.15, -0.1) is 0 Å². The number of hydrogen-bond acceptors (Lipinski definition) is 4. The number of benzene rings is 2. The first kappa shape index (κ1) is 27.7. The van der Waals surface area contributed by atoms with Crippen molar-refractivity contribution in [3.63, 3.8) is 0 Å². The van der Waals surface area contributed by atoms with Crippen LogP contribution in [0.3, 0.4) is 0 Å². The molecule has 9 heteroatoms. The second-order valence-electron chi connectivity index (χ2n) is 8.48. The summed E-state index contributed by atoms with van der Waals surface area (Å²) in [4.78, 5) is 27.8. The number of para-hydroxylation sites is 1. The smallest absolute Gasteiger partial charge is 0.244 e. The van der Waals surface area contributed by atoms with E-state index in [1.54, 1.807) is 51.1 Å². The lowest BCUT2D eigenvalue weighted by atomic mass is 10.1. The predicted molar refractivity (Wildman–Crippen MR) is 137 cm³/mol. The number of carbonyl (C=O) groups excluding carboxylic acids is 2. The van der Waals surface area contributed by atoms with Crippen LogP contribution < -0.4 is 9.62 Å². The molecule has 0 aliphatic carbocycles. The van der Waals surface area contributed by atoms with E-state index in [9.17, 15) is 18.0 Å². The Kier molecular flexibility index (Phi) is 9.94. The molecule has 34 heavy (non-hydrogen) atoms. The van der Waals surface area contributed by atoms with Gasteiger partial charge in [-0.05, 0) is 56.0 Å². The van der Waals surface area contributed by atoms with Gasteiger partial charge in [0.2, 0.25) is 21.8 Å². The Morgan fingerprint density at radius 1 is 1.09 bits per heavy atom. The number of sulfonamides is 1. The van der Waals surface area contributed by atoms with Crippen LogP contribution in [0.2, 0.25) is 5.02 Å². The first-order valence-electron chi connectivity index (χ1n) is 11.3. The average molecular weight is 508 g/mol. The maximum absolute atomic E-state index is 13.6. The molecule has 186 valence electrons. The second kappa shape index (κ2) is 12.2. The number of carbonyl (C=O) groups is 2. The summed E-state index contributed by atoms with van der Waals surface area (Å²) in [6.45, 7) is 7.49. The highest BCUT2D eigenvalue weighted by Crippen LogP contribution is 2.27. The van der Waals surface area contributed by atoms with Crippen molar-refractivity contribution in [1.82, 2.24) is 10.2 Å². The number of amides is 2. The lowest BCUT2D eigenvalue weighted by molar-refractivity contribution is -0.139. The molecule has 0 aliphatic rings. The van der Waals surface area contributed by atoms with Crippen LogP contribution in [-0.2, 0) is 26.2 Å². The molecule has 0 saturated carbocycles. The van der Waals surface area contributed by atoms with Crippen LogP contribution in [0.4, 0.5) is 5.69 Å². The molecular weight excluding hydrogens is 474 g/mol. The molecule has 2 amide bonds. The number of unbranched alkanes of at least 4 members (excludes halogenated alkanes) is 1. The zero-order valence-electron chi connectivity index (χ0n) is 20.5. The van der Waals surface area contributed by atoms with E-state index < -0.39 is 28.5 Å². The second-order valence-corrected chi connectivity index (χ2v) is 10.8. The number of nitrogens with zero attached hydrogens (tertiary/aromatic N) is 2. The molecule has 7 nitrogen and oxygen atoms in total. The number of halogens is 1. The molecule has 0 spiro atoms. The molecule has 0 unspecified atom stereocenters. The normalized spacial score (nSPS) is 12.2. The van der Waals surface area contributed by atoms with Gasteiger partial charge in [-0.1, -0.05) is 55.3 Å². The first-order valence-corrected chi connectivity index (χ1v) is 13.5. The van der Waals surface area contributed by atoms with Crippen LogP contribution in [0.1, 0.15) is 43.4 Å². The molecule has 0 heterocycles. The van der Waals surface area contributed by atoms with Crippen molar-refractivity contribution < 1.29 is 18.0 Å². The number of nitrogens with one attached hydrogen (secondary N) is 1. The maximum atomic E-state index is 13.6. The maximum Gasteiger partial charge on any atom is 0.244 e. The van der Waals surface area contributed by atoms with Gasteiger partial charge in [0.25, 0.3) is 0 Å². The third-order valence-electron chi connectivity index (χ3n) is 5.61. The number of anilines is 1. The Morgan fingerprint density at radius 3 is 2.26 bits per heavy atom. The molecular formula is C25H34ClN3O4S. The van der Waals surface area contributed by atoms with Crippen LogP contribution >= 0.6 is 11.6 Å². The molecule has 1 atom stereocenters. The fourth-order valence-corrected chi connectivity index (χ4v) is 4.90. The van der Waals surface area contributed by atoms with Gasteiger partial charge in [-0.3, -0.25) is 13.9 Å². The van der Waals surface area contributed by atoms with E-state index in [0.717, 1.165) is 40.1 Å². The molecule has 0 aromatic heterocycles. The first-order chi connectivity index (χ1) is 16.0. The van der Waals surface area contributed by atoms with E-state index in [1.807, 2.05) is 19.1 Å². The Hall–Kier alpha value is -2.58. The van der Waals surface area contributed by atoms with Gasteiger partial charge >= 0.3 is 0 Å². The van der Waals surface area contributed by atoms with Gasteiger partial charge in [-0.2, -0.15) is 0 Å². The van der Waals surface area contributed by atoms with E-state index in [4.69, 9.17) is 11.6 Å². The predicted octanol–water partition coefficient (Wildman–Crippen LogP) is 4.06. The summed E-state index contributed by atoms with van der Waals surface area (Å²) in [5.41, 5.74) is 2.70. The Labute approximate surface area is 208 Å². The van der Waals surface area contributed by atoms with Crippen molar-refractivity contribution in [2.24, 2.45) is 0 Å².